The minimum Gasteiger partial charge on any atom is -0.207 e. The third-order valence-electron chi connectivity index (χ3n) is 3.03. The molecule has 0 unspecified atom stereocenters. The maximum Gasteiger partial charge on any atom is 0.240 e. The van der Waals surface area contributed by atoms with Crippen molar-refractivity contribution >= 4 is 21.6 Å². The number of fused-ring (bicyclic) bond motifs is 1. The van der Waals surface area contributed by atoms with Gasteiger partial charge in [-0.3, -0.25) is 0 Å². The second-order valence-corrected chi connectivity index (χ2v) is 6.34. The lowest BCUT2D eigenvalue weighted by molar-refractivity contribution is 0.585. The Hall–Kier alpha value is -0.840. The first kappa shape index (κ1) is 13.6. The number of benzene rings is 1. The summed E-state index contributed by atoms with van der Waals surface area (Å²) < 4.78 is 26.6. The fourth-order valence-corrected chi connectivity index (χ4v) is 3.26. The molecule has 0 spiro atoms. The molecule has 1 aliphatic rings. The van der Waals surface area contributed by atoms with Gasteiger partial charge in [0.25, 0.3) is 0 Å². The summed E-state index contributed by atoms with van der Waals surface area (Å²) >= 11 is 5.47. The highest BCUT2D eigenvalue weighted by atomic mass is 35.5. The van der Waals surface area contributed by atoms with Crippen LogP contribution in [0.15, 0.2) is 35.2 Å². The summed E-state index contributed by atoms with van der Waals surface area (Å²) in [5.74, 6) is 0.389. The molecule has 18 heavy (non-hydrogen) atoms. The Balaban J connectivity index is 2.12. The average Bonchev–Trinajstić information content (AvgIpc) is 2.82. The molecule has 1 aliphatic carbocycles. The largest absolute Gasteiger partial charge is 0.240 e. The molecular formula is C13H16ClNO2S. The van der Waals surface area contributed by atoms with E-state index in [1.165, 1.54) is 5.56 Å². The molecule has 0 heterocycles. The van der Waals surface area contributed by atoms with Gasteiger partial charge in [0.2, 0.25) is 10.0 Å². The van der Waals surface area contributed by atoms with Gasteiger partial charge in [0.15, 0.2) is 0 Å². The molecule has 3 nitrogen and oxygen atoms in total. The number of alkyl halides is 1. The van der Waals surface area contributed by atoms with Crippen molar-refractivity contribution in [2.45, 2.75) is 24.2 Å². The molecule has 98 valence electrons. The predicted molar refractivity (Wildman–Crippen MR) is 73.5 cm³/mol. The van der Waals surface area contributed by atoms with Crippen molar-refractivity contribution in [2.75, 3.05) is 12.4 Å². The fraction of sp³-hybridized carbons (Fsp3) is 0.385. The third kappa shape index (κ3) is 3.13. The summed E-state index contributed by atoms with van der Waals surface area (Å²) in [6, 6.07) is 5.39. The Kier molecular flexibility index (Phi) is 4.43. The Morgan fingerprint density at radius 1 is 1.22 bits per heavy atom. The molecule has 5 heteroatoms. The zero-order valence-electron chi connectivity index (χ0n) is 10.0. The number of nitrogens with one attached hydrogen (secondary N) is 1. The maximum atomic E-state index is 12.0. The van der Waals surface area contributed by atoms with E-state index in [9.17, 15) is 8.42 Å². The average molecular weight is 286 g/mol. The fourth-order valence-electron chi connectivity index (χ4n) is 2.10. The van der Waals surface area contributed by atoms with Crippen LogP contribution in [0, 0.1) is 0 Å². The van der Waals surface area contributed by atoms with Crippen LogP contribution in [0.3, 0.4) is 0 Å². The number of halogens is 1. The van der Waals surface area contributed by atoms with Gasteiger partial charge in [0.1, 0.15) is 0 Å². The van der Waals surface area contributed by atoms with Gasteiger partial charge in [0, 0.05) is 12.4 Å². The van der Waals surface area contributed by atoms with Crippen LogP contribution in [0.2, 0.25) is 0 Å². The lowest BCUT2D eigenvalue weighted by atomic mass is 10.1. The molecule has 0 atom stereocenters. The Morgan fingerprint density at radius 2 is 2.00 bits per heavy atom. The number of hydrogen-bond acceptors (Lipinski definition) is 2. The normalized spacial score (nSPS) is 15.2. The van der Waals surface area contributed by atoms with Gasteiger partial charge in [-0.25, -0.2) is 13.1 Å². The Labute approximate surface area is 113 Å². The minimum atomic E-state index is -3.41. The summed E-state index contributed by atoms with van der Waals surface area (Å²) in [5, 5.41) is 0. The van der Waals surface area contributed by atoms with E-state index < -0.39 is 10.0 Å². The summed E-state index contributed by atoms with van der Waals surface area (Å²) in [7, 11) is -3.41. The zero-order valence-corrected chi connectivity index (χ0v) is 11.6. The molecule has 1 aromatic rings. The van der Waals surface area contributed by atoms with Crippen LogP contribution in [0.5, 0.6) is 0 Å². The van der Waals surface area contributed by atoms with Gasteiger partial charge in [-0.05, 0) is 42.5 Å². The minimum absolute atomic E-state index is 0.270. The van der Waals surface area contributed by atoms with Gasteiger partial charge in [-0.1, -0.05) is 18.2 Å². The molecule has 2 rings (SSSR count). The van der Waals surface area contributed by atoms with Crippen molar-refractivity contribution in [1.82, 2.24) is 4.72 Å². The lowest BCUT2D eigenvalue weighted by Crippen LogP contribution is -2.23. The van der Waals surface area contributed by atoms with E-state index in [1.54, 1.807) is 24.3 Å². The highest BCUT2D eigenvalue weighted by Gasteiger charge is 2.17. The molecule has 0 saturated heterocycles. The standard InChI is InChI=1S/C13H16ClNO2S/c14-8-1-2-9-15-18(16,17)13-7-6-11-4-3-5-12(11)10-13/h1-2,6-7,10,15H,3-5,8-9H2/b2-1+. The number of aryl methyl sites for hydroxylation is 2. The van der Waals surface area contributed by atoms with Gasteiger partial charge < -0.3 is 0 Å². The van der Waals surface area contributed by atoms with E-state index in [4.69, 9.17) is 11.6 Å². The smallest absolute Gasteiger partial charge is 0.207 e. The predicted octanol–water partition coefficient (Wildman–Crippen LogP) is 2.25. The Morgan fingerprint density at radius 3 is 2.78 bits per heavy atom. The maximum absolute atomic E-state index is 12.0. The van der Waals surface area contributed by atoms with Crippen LogP contribution in [-0.2, 0) is 22.9 Å². The van der Waals surface area contributed by atoms with Crippen LogP contribution in [-0.4, -0.2) is 20.8 Å². The van der Waals surface area contributed by atoms with Crippen LogP contribution < -0.4 is 4.72 Å². The molecule has 0 amide bonds. The number of rotatable bonds is 5. The van der Waals surface area contributed by atoms with Crippen LogP contribution in [0.1, 0.15) is 17.5 Å². The summed E-state index contributed by atoms with van der Waals surface area (Å²) in [6.07, 6.45) is 6.57. The van der Waals surface area contributed by atoms with Crippen molar-refractivity contribution in [2.24, 2.45) is 0 Å². The molecule has 0 aromatic heterocycles. The molecule has 1 N–H and O–H groups in total. The number of hydrogen-bond donors (Lipinski definition) is 1. The first-order valence-electron chi connectivity index (χ1n) is 5.96. The number of sulfonamides is 1. The third-order valence-corrected chi connectivity index (χ3v) is 4.63. The monoisotopic (exact) mass is 285 g/mol. The quantitative estimate of drug-likeness (QED) is 0.666. The highest BCUT2D eigenvalue weighted by Crippen LogP contribution is 2.24. The molecule has 0 bridgehead atoms. The second-order valence-electron chi connectivity index (χ2n) is 4.26. The molecule has 0 aliphatic heterocycles. The van der Waals surface area contributed by atoms with Crippen LogP contribution >= 0.6 is 11.6 Å². The van der Waals surface area contributed by atoms with Gasteiger partial charge in [-0.2, -0.15) is 0 Å². The Bertz CT molecular complexity index is 552. The van der Waals surface area contributed by atoms with Crippen molar-refractivity contribution in [3.8, 4) is 0 Å². The van der Waals surface area contributed by atoms with Gasteiger partial charge in [-0.15, -0.1) is 11.6 Å². The van der Waals surface area contributed by atoms with Crippen molar-refractivity contribution in [1.29, 1.82) is 0 Å². The van der Waals surface area contributed by atoms with E-state index >= 15 is 0 Å². The molecular weight excluding hydrogens is 270 g/mol. The number of allylic oxidation sites excluding steroid dienone is 1. The van der Waals surface area contributed by atoms with E-state index in [0.29, 0.717) is 10.8 Å². The lowest BCUT2D eigenvalue weighted by Gasteiger charge is -2.06. The topological polar surface area (TPSA) is 46.2 Å². The van der Waals surface area contributed by atoms with E-state index in [-0.39, 0.29) is 6.54 Å². The van der Waals surface area contributed by atoms with Crippen molar-refractivity contribution in [3.63, 3.8) is 0 Å². The molecule has 0 fully saturated rings. The van der Waals surface area contributed by atoms with E-state index in [0.717, 1.165) is 24.8 Å². The highest BCUT2D eigenvalue weighted by molar-refractivity contribution is 7.89. The van der Waals surface area contributed by atoms with E-state index in [1.807, 2.05) is 6.07 Å². The molecule has 0 saturated carbocycles. The first-order valence-corrected chi connectivity index (χ1v) is 7.98. The van der Waals surface area contributed by atoms with E-state index in [2.05, 4.69) is 4.72 Å². The molecule has 1 aromatic carbocycles. The molecule has 0 radical (unpaired) electrons. The summed E-state index contributed by atoms with van der Waals surface area (Å²) in [6.45, 7) is 0.270. The summed E-state index contributed by atoms with van der Waals surface area (Å²) in [5.41, 5.74) is 2.44. The summed E-state index contributed by atoms with van der Waals surface area (Å²) in [4.78, 5) is 0.349. The zero-order chi connectivity index (χ0) is 13.0. The SMILES string of the molecule is O=S(=O)(NC/C=C/CCl)c1ccc2c(c1)CCC2. The van der Waals surface area contributed by atoms with Crippen molar-refractivity contribution in [3.05, 3.63) is 41.5 Å². The van der Waals surface area contributed by atoms with Crippen molar-refractivity contribution < 1.29 is 8.42 Å². The van der Waals surface area contributed by atoms with Crippen LogP contribution in [0.4, 0.5) is 0 Å². The second kappa shape index (κ2) is 5.87. The van der Waals surface area contributed by atoms with Gasteiger partial charge >= 0.3 is 0 Å². The van der Waals surface area contributed by atoms with Crippen LogP contribution in [0.25, 0.3) is 0 Å². The first-order chi connectivity index (χ1) is 8.63. The van der Waals surface area contributed by atoms with Gasteiger partial charge in [0.05, 0.1) is 4.90 Å².